The fraction of sp³-hybridized carbons (Fsp3) is 0.455. The van der Waals surface area contributed by atoms with Crippen molar-refractivity contribution in [3.63, 3.8) is 0 Å². The standard InChI is InChI=1S/C11H13ClN2O2S/c12-9-3-1-4-10(11(9)14(15)16)13-5-2-7-17-8-6-13/h1,3-4H,2,5-8H2. The van der Waals surface area contributed by atoms with Gasteiger partial charge in [0.15, 0.2) is 0 Å². The van der Waals surface area contributed by atoms with E-state index in [1.54, 1.807) is 18.2 Å². The van der Waals surface area contributed by atoms with Gasteiger partial charge in [-0.05, 0) is 24.3 Å². The van der Waals surface area contributed by atoms with Gasteiger partial charge in [-0.2, -0.15) is 11.8 Å². The van der Waals surface area contributed by atoms with E-state index in [-0.39, 0.29) is 10.7 Å². The van der Waals surface area contributed by atoms with Gasteiger partial charge < -0.3 is 4.90 Å². The lowest BCUT2D eigenvalue weighted by Gasteiger charge is -2.22. The summed E-state index contributed by atoms with van der Waals surface area (Å²) in [5, 5.41) is 11.3. The van der Waals surface area contributed by atoms with Crippen LogP contribution < -0.4 is 4.90 Å². The molecule has 1 aromatic carbocycles. The first-order valence-corrected chi connectivity index (χ1v) is 6.99. The van der Waals surface area contributed by atoms with E-state index in [1.165, 1.54) is 0 Å². The van der Waals surface area contributed by atoms with Gasteiger partial charge in [-0.25, -0.2) is 0 Å². The van der Waals surface area contributed by atoms with E-state index < -0.39 is 4.92 Å². The van der Waals surface area contributed by atoms with Gasteiger partial charge in [0.25, 0.3) is 0 Å². The van der Waals surface area contributed by atoms with Crippen LogP contribution in [0, 0.1) is 10.1 Å². The molecule has 1 aromatic rings. The van der Waals surface area contributed by atoms with Crippen molar-refractivity contribution in [2.45, 2.75) is 6.42 Å². The first-order valence-electron chi connectivity index (χ1n) is 5.46. The Hall–Kier alpha value is -0.940. The summed E-state index contributed by atoms with van der Waals surface area (Å²) in [5.41, 5.74) is 0.672. The minimum absolute atomic E-state index is 0.0288. The predicted octanol–water partition coefficient (Wildman–Crippen LogP) is 3.19. The Morgan fingerprint density at radius 2 is 2.18 bits per heavy atom. The van der Waals surface area contributed by atoms with Crippen molar-refractivity contribution < 1.29 is 4.92 Å². The van der Waals surface area contributed by atoms with Gasteiger partial charge in [0.2, 0.25) is 0 Å². The molecule has 1 aliphatic rings. The third-order valence-electron chi connectivity index (χ3n) is 2.71. The summed E-state index contributed by atoms with van der Waals surface area (Å²) in [5.74, 6) is 2.12. The maximum Gasteiger partial charge on any atom is 0.310 e. The summed E-state index contributed by atoms with van der Waals surface area (Å²) in [7, 11) is 0. The predicted molar refractivity (Wildman–Crippen MR) is 72.3 cm³/mol. The molecule has 0 aromatic heterocycles. The first kappa shape index (κ1) is 12.5. The maximum absolute atomic E-state index is 11.1. The largest absolute Gasteiger partial charge is 0.365 e. The monoisotopic (exact) mass is 272 g/mol. The number of benzene rings is 1. The van der Waals surface area contributed by atoms with Crippen LogP contribution >= 0.6 is 23.4 Å². The molecule has 0 radical (unpaired) electrons. The molecule has 4 nitrogen and oxygen atoms in total. The lowest BCUT2D eigenvalue weighted by atomic mass is 10.2. The van der Waals surface area contributed by atoms with Gasteiger partial charge >= 0.3 is 5.69 Å². The van der Waals surface area contributed by atoms with E-state index in [0.717, 1.165) is 31.0 Å². The Balaban J connectivity index is 2.36. The molecule has 0 unspecified atom stereocenters. The average molecular weight is 273 g/mol. The van der Waals surface area contributed by atoms with E-state index in [1.807, 2.05) is 11.8 Å². The van der Waals surface area contributed by atoms with Crippen molar-refractivity contribution >= 4 is 34.7 Å². The van der Waals surface area contributed by atoms with Crippen molar-refractivity contribution in [1.82, 2.24) is 0 Å². The lowest BCUT2D eigenvalue weighted by molar-refractivity contribution is -0.384. The molecule has 1 fully saturated rings. The van der Waals surface area contributed by atoms with E-state index in [0.29, 0.717) is 5.69 Å². The SMILES string of the molecule is O=[N+]([O-])c1c(Cl)cccc1N1CCCSCC1. The molecule has 1 saturated heterocycles. The molecule has 1 heterocycles. The minimum Gasteiger partial charge on any atom is -0.365 e. The quantitative estimate of drug-likeness (QED) is 0.613. The molecule has 6 heteroatoms. The highest BCUT2D eigenvalue weighted by Crippen LogP contribution is 2.35. The van der Waals surface area contributed by atoms with Gasteiger partial charge in [0, 0.05) is 18.8 Å². The zero-order chi connectivity index (χ0) is 12.3. The average Bonchev–Trinajstić information content (AvgIpc) is 2.56. The number of rotatable bonds is 2. The Bertz CT molecular complexity index is 420. The number of halogens is 1. The van der Waals surface area contributed by atoms with E-state index in [2.05, 4.69) is 4.90 Å². The summed E-state index contributed by atoms with van der Waals surface area (Å²) in [4.78, 5) is 12.7. The van der Waals surface area contributed by atoms with Crippen LogP contribution in [0.25, 0.3) is 0 Å². The number of anilines is 1. The Morgan fingerprint density at radius 1 is 1.35 bits per heavy atom. The van der Waals surface area contributed by atoms with Gasteiger partial charge in [0.1, 0.15) is 10.7 Å². The molecule has 0 atom stereocenters. The van der Waals surface area contributed by atoms with Crippen LogP contribution in [0.5, 0.6) is 0 Å². The van der Waals surface area contributed by atoms with Gasteiger partial charge in [-0.3, -0.25) is 10.1 Å². The highest BCUT2D eigenvalue weighted by atomic mass is 35.5. The highest BCUT2D eigenvalue weighted by molar-refractivity contribution is 7.99. The van der Waals surface area contributed by atoms with Crippen molar-refractivity contribution in [3.8, 4) is 0 Å². The van der Waals surface area contributed by atoms with E-state index >= 15 is 0 Å². The van der Waals surface area contributed by atoms with Crippen LogP contribution in [-0.4, -0.2) is 29.5 Å². The molecule has 0 spiro atoms. The summed E-state index contributed by atoms with van der Waals surface area (Å²) in [6, 6.07) is 5.11. The number of para-hydroxylation sites is 1. The van der Waals surface area contributed by atoms with Crippen molar-refractivity contribution in [3.05, 3.63) is 33.3 Å². The van der Waals surface area contributed by atoms with Crippen molar-refractivity contribution in [2.24, 2.45) is 0 Å². The molecule has 2 rings (SSSR count). The van der Waals surface area contributed by atoms with Crippen molar-refractivity contribution in [1.29, 1.82) is 0 Å². The van der Waals surface area contributed by atoms with Crippen LogP contribution in [0.15, 0.2) is 18.2 Å². The molecule has 92 valence electrons. The number of hydrogen-bond donors (Lipinski definition) is 0. The van der Waals surface area contributed by atoms with Gasteiger partial charge in [0.05, 0.1) is 4.92 Å². The number of nitro benzene ring substituents is 1. The molecule has 17 heavy (non-hydrogen) atoms. The third kappa shape index (κ3) is 2.84. The van der Waals surface area contributed by atoms with Crippen LogP contribution in [0.1, 0.15) is 6.42 Å². The maximum atomic E-state index is 11.1. The second-order valence-electron chi connectivity index (χ2n) is 3.82. The van der Waals surface area contributed by atoms with Crippen LogP contribution in [0.3, 0.4) is 0 Å². The fourth-order valence-electron chi connectivity index (χ4n) is 1.93. The van der Waals surface area contributed by atoms with Crippen molar-refractivity contribution in [2.75, 3.05) is 29.5 Å². The third-order valence-corrected chi connectivity index (χ3v) is 4.06. The second kappa shape index (κ2) is 5.60. The molecular weight excluding hydrogens is 260 g/mol. The number of nitro groups is 1. The molecule has 0 N–H and O–H groups in total. The number of hydrogen-bond acceptors (Lipinski definition) is 4. The molecular formula is C11H13ClN2O2S. The van der Waals surface area contributed by atoms with Crippen LogP contribution in [0.2, 0.25) is 5.02 Å². The Kier molecular flexibility index (Phi) is 4.12. The smallest absolute Gasteiger partial charge is 0.310 e. The normalized spacial score (nSPS) is 16.6. The number of nitrogens with zero attached hydrogens (tertiary/aromatic N) is 2. The summed E-state index contributed by atoms with van der Waals surface area (Å²) < 4.78 is 0. The van der Waals surface area contributed by atoms with Gasteiger partial charge in [-0.1, -0.05) is 17.7 Å². The molecule has 0 bridgehead atoms. The molecule has 0 aliphatic carbocycles. The highest BCUT2D eigenvalue weighted by Gasteiger charge is 2.23. The minimum atomic E-state index is -0.393. The topological polar surface area (TPSA) is 46.4 Å². The van der Waals surface area contributed by atoms with Crippen LogP contribution in [0.4, 0.5) is 11.4 Å². The fourth-order valence-corrected chi connectivity index (χ4v) is 3.05. The molecule has 0 amide bonds. The lowest BCUT2D eigenvalue weighted by Crippen LogP contribution is -2.26. The Morgan fingerprint density at radius 3 is 2.94 bits per heavy atom. The molecule has 0 saturated carbocycles. The first-order chi connectivity index (χ1) is 8.20. The zero-order valence-electron chi connectivity index (χ0n) is 9.26. The second-order valence-corrected chi connectivity index (χ2v) is 5.45. The van der Waals surface area contributed by atoms with Crippen LogP contribution in [-0.2, 0) is 0 Å². The summed E-state index contributed by atoms with van der Waals surface area (Å²) in [6.45, 7) is 1.69. The number of thioether (sulfide) groups is 1. The summed E-state index contributed by atoms with van der Waals surface area (Å²) >= 11 is 7.80. The Labute approximate surface area is 109 Å². The van der Waals surface area contributed by atoms with E-state index in [9.17, 15) is 10.1 Å². The zero-order valence-corrected chi connectivity index (χ0v) is 10.8. The van der Waals surface area contributed by atoms with Gasteiger partial charge in [-0.15, -0.1) is 0 Å². The molecule has 1 aliphatic heterocycles. The summed E-state index contributed by atoms with van der Waals surface area (Å²) in [6.07, 6.45) is 1.05. The van der Waals surface area contributed by atoms with E-state index in [4.69, 9.17) is 11.6 Å².